The van der Waals surface area contributed by atoms with Gasteiger partial charge in [-0.05, 0) is 38.5 Å². The summed E-state index contributed by atoms with van der Waals surface area (Å²) in [6.07, 6.45) is 8.49. The molecule has 3 fully saturated rings. The molecule has 3 saturated heterocycles. The maximum atomic E-state index is 10.4. The number of anilines is 1. The third-order valence-electron chi connectivity index (χ3n) is 6.04. The number of aliphatic hydroxyl groups is 1. The van der Waals surface area contributed by atoms with Gasteiger partial charge in [-0.25, -0.2) is 4.98 Å². The van der Waals surface area contributed by atoms with Gasteiger partial charge in [-0.2, -0.15) is 10.4 Å². The Morgan fingerprint density at radius 1 is 1.40 bits per heavy atom. The summed E-state index contributed by atoms with van der Waals surface area (Å²) in [5, 5.41) is 27.7. The summed E-state index contributed by atoms with van der Waals surface area (Å²) in [7, 11) is 0. The van der Waals surface area contributed by atoms with E-state index in [4.69, 9.17) is 9.72 Å². The van der Waals surface area contributed by atoms with Crippen molar-refractivity contribution in [1.82, 2.24) is 20.1 Å². The zero-order valence-corrected chi connectivity index (χ0v) is 17.2. The number of nitriles is 1. The predicted molar refractivity (Wildman–Crippen MR) is 112 cm³/mol. The molecular weight excluding hydrogens is 380 g/mol. The number of hydrogen-bond acceptors (Lipinski definition) is 7. The highest BCUT2D eigenvalue weighted by Gasteiger charge is 2.43. The summed E-state index contributed by atoms with van der Waals surface area (Å²) in [5.74, 6) is 0.908. The average molecular weight is 406 g/mol. The summed E-state index contributed by atoms with van der Waals surface area (Å²) in [6, 6.07) is 7.16. The molecular formula is C22H26N6O2. The molecule has 2 aromatic heterocycles. The Balaban J connectivity index is 1.56. The van der Waals surface area contributed by atoms with Gasteiger partial charge in [0.15, 0.2) is 0 Å². The third kappa shape index (κ3) is 3.29. The normalized spacial score (nSPS) is 27.3. The Kier molecular flexibility index (Phi) is 4.43. The van der Waals surface area contributed by atoms with Crippen LogP contribution >= 0.6 is 0 Å². The molecule has 3 unspecified atom stereocenters. The van der Waals surface area contributed by atoms with Crippen molar-refractivity contribution >= 4 is 11.9 Å². The fraction of sp³-hybridized carbons (Fsp3) is 0.500. The number of aromatic nitrogens is 3. The highest BCUT2D eigenvalue weighted by Crippen LogP contribution is 2.40. The van der Waals surface area contributed by atoms with Crippen LogP contribution < -0.4 is 10.2 Å². The van der Waals surface area contributed by atoms with Gasteiger partial charge >= 0.3 is 0 Å². The second-order valence-electron chi connectivity index (χ2n) is 9.11. The monoisotopic (exact) mass is 406 g/mol. The van der Waals surface area contributed by atoms with E-state index in [1.54, 1.807) is 24.7 Å². The van der Waals surface area contributed by atoms with E-state index < -0.39 is 11.2 Å². The lowest BCUT2D eigenvalue weighted by Crippen LogP contribution is -2.67. The number of nitrogens with zero attached hydrogens (tertiary/aromatic N) is 5. The van der Waals surface area contributed by atoms with E-state index in [2.05, 4.69) is 21.4 Å². The van der Waals surface area contributed by atoms with Gasteiger partial charge in [0, 0.05) is 36.9 Å². The Morgan fingerprint density at radius 3 is 2.87 bits per heavy atom. The lowest BCUT2D eigenvalue weighted by molar-refractivity contribution is -0.0970. The summed E-state index contributed by atoms with van der Waals surface area (Å²) in [5.41, 5.74) is 0.434. The number of piperidine rings is 1. The van der Waals surface area contributed by atoms with Crippen LogP contribution in [0.15, 0.2) is 30.6 Å². The highest BCUT2D eigenvalue weighted by atomic mass is 16.5. The van der Waals surface area contributed by atoms with Gasteiger partial charge in [-0.15, -0.1) is 0 Å². The molecule has 8 nitrogen and oxygen atoms in total. The second-order valence-corrected chi connectivity index (χ2v) is 9.11. The smallest absolute Gasteiger partial charge is 0.135 e. The van der Waals surface area contributed by atoms with Gasteiger partial charge < -0.3 is 20.1 Å². The molecule has 2 N–H and O–H groups in total. The maximum absolute atomic E-state index is 10.4. The zero-order valence-electron chi connectivity index (χ0n) is 17.2. The molecule has 0 saturated carbocycles. The minimum absolute atomic E-state index is 0.153. The van der Waals surface area contributed by atoms with Crippen LogP contribution in [0.2, 0.25) is 0 Å². The summed E-state index contributed by atoms with van der Waals surface area (Å²) >= 11 is 0. The average Bonchev–Trinajstić information content (AvgIpc) is 3.13. The molecule has 8 heteroatoms. The van der Waals surface area contributed by atoms with Crippen LogP contribution in [0.4, 0.5) is 5.82 Å². The Morgan fingerprint density at radius 2 is 2.17 bits per heavy atom. The molecule has 3 atom stereocenters. The number of piperazine rings is 1. The molecule has 4 aliphatic heterocycles. The number of nitrogens with one attached hydrogen (secondary N) is 1. The van der Waals surface area contributed by atoms with Gasteiger partial charge in [0.2, 0.25) is 0 Å². The van der Waals surface area contributed by atoms with Crippen molar-refractivity contribution in [2.75, 3.05) is 24.6 Å². The first-order chi connectivity index (χ1) is 14.4. The van der Waals surface area contributed by atoms with E-state index in [0.717, 1.165) is 30.2 Å². The maximum Gasteiger partial charge on any atom is 0.135 e. The first-order valence-electron chi connectivity index (χ1n) is 10.3. The van der Waals surface area contributed by atoms with Crippen molar-refractivity contribution < 1.29 is 9.84 Å². The van der Waals surface area contributed by atoms with Gasteiger partial charge in [-0.3, -0.25) is 4.68 Å². The van der Waals surface area contributed by atoms with Crippen molar-refractivity contribution in [2.24, 2.45) is 0 Å². The second kappa shape index (κ2) is 6.91. The first-order valence-corrected chi connectivity index (χ1v) is 10.3. The number of fused-ring (bicyclic) bond motifs is 3. The van der Waals surface area contributed by atoms with E-state index >= 15 is 0 Å². The number of rotatable bonds is 5. The molecule has 6 heterocycles. The lowest BCUT2D eigenvalue weighted by atomic mass is 9.87. The molecule has 6 rings (SSSR count). The minimum Gasteiger partial charge on any atom is -0.388 e. The molecule has 2 bridgehead atoms. The van der Waals surface area contributed by atoms with Crippen molar-refractivity contribution in [3.63, 3.8) is 0 Å². The molecule has 2 aromatic rings. The molecule has 0 aliphatic carbocycles. The largest absolute Gasteiger partial charge is 0.388 e. The van der Waals surface area contributed by atoms with E-state index in [1.807, 2.05) is 30.5 Å². The van der Waals surface area contributed by atoms with Crippen LogP contribution in [0, 0.1) is 11.3 Å². The summed E-state index contributed by atoms with van der Waals surface area (Å²) in [4.78, 5) is 7.07. The molecule has 156 valence electrons. The van der Waals surface area contributed by atoms with E-state index in [1.165, 1.54) is 6.42 Å². The zero-order chi connectivity index (χ0) is 20.9. The van der Waals surface area contributed by atoms with Crippen LogP contribution in [0.1, 0.15) is 37.1 Å². The molecule has 4 aliphatic rings. The van der Waals surface area contributed by atoms with Crippen molar-refractivity contribution in [3.8, 4) is 6.07 Å². The van der Waals surface area contributed by atoms with Gasteiger partial charge in [0.1, 0.15) is 17.5 Å². The summed E-state index contributed by atoms with van der Waals surface area (Å²) in [6.45, 7) is 5.85. The van der Waals surface area contributed by atoms with Crippen molar-refractivity contribution in [3.05, 3.63) is 47.4 Å². The van der Waals surface area contributed by atoms with E-state index in [-0.39, 0.29) is 6.61 Å². The Hall–Kier alpha value is -2.73. The Labute approximate surface area is 175 Å². The molecule has 0 amide bonds. The fourth-order valence-electron chi connectivity index (χ4n) is 4.59. The minimum atomic E-state index is -0.984. The van der Waals surface area contributed by atoms with Gasteiger partial charge in [0.25, 0.3) is 0 Å². The van der Waals surface area contributed by atoms with Crippen LogP contribution in [0.5, 0.6) is 0 Å². The quantitative estimate of drug-likeness (QED) is 0.774. The number of pyridine rings is 1. The standard InChI is InChI=1S/C22H26N6O2/c1-21(2,29)14-30-22(6-5-19-15(9-23)10-25-28(19)13-22)18-4-3-7-24-20(18)27-11-16-8-17(12-27)26-16/h3-7,10,16-17,26,29H,8,11-14H2,1-2H3. The third-order valence-corrected chi connectivity index (χ3v) is 6.04. The van der Waals surface area contributed by atoms with Gasteiger partial charge in [0.05, 0.1) is 36.2 Å². The highest BCUT2D eigenvalue weighted by molar-refractivity contribution is 5.61. The van der Waals surface area contributed by atoms with Crippen LogP contribution in [0.3, 0.4) is 0 Å². The van der Waals surface area contributed by atoms with Crippen LogP contribution in [-0.2, 0) is 16.9 Å². The van der Waals surface area contributed by atoms with Gasteiger partial charge in [-0.1, -0.05) is 6.07 Å². The molecule has 0 radical (unpaired) electrons. The van der Waals surface area contributed by atoms with E-state index in [9.17, 15) is 10.4 Å². The fourth-order valence-corrected chi connectivity index (χ4v) is 4.59. The molecule has 0 aromatic carbocycles. The predicted octanol–water partition coefficient (Wildman–Crippen LogP) is 1.41. The topological polar surface area (TPSA) is 99.2 Å². The van der Waals surface area contributed by atoms with Crippen molar-refractivity contribution in [1.29, 1.82) is 5.26 Å². The molecule has 30 heavy (non-hydrogen) atoms. The summed E-state index contributed by atoms with van der Waals surface area (Å²) < 4.78 is 8.23. The first kappa shape index (κ1) is 19.2. The van der Waals surface area contributed by atoms with Crippen molar-refractivity contribution in [2.45, 2.75) is 50.1 Å². The Bertz CT molecular complexity index is 1020. The lowest BCUT2D eigenvalue weighted by Gasteiger charge is -2.49. The number of ether oxygens (including phenoxy) is 1. The van der Waals surface area contributed by atoms with Crippen LogP contribution in [-0.4, -0.2) is 57.3 Å². The SMILES string of the molecule is CC(C)(O)COC1(c2cccnc2N2CC3CC(C2)N3)C=Cc2c(C#N)cnn2C1. The molecule has 0 spiro atoms. The van der Waals surface area contributed by atoms with Crippen LogP contribution in [0.25, 0.3) is 6.08 Å². The number of hydrogen-bond donors (Lipinski definition) is 2. The van der Waals surface area contributed by atoms with E-state index in [0.29, 0.717) is 24.2 Å².